The quantitative estimate of drug-likeness (QED) is 0.358. The molecule has 12 heteroatoms. The van der Waals surface area contributed by atoms with Gasteiger partial charge >= 0.3 is 6.09 Å². The van der Waals surface area contributed by atoms with Crippen LogP contribution in [0.3, 0.4) is 0 Å². The van der Waals surface area contributed by atoms with Gasteiger partial charge in [-0.15, -0.1) is 0 Å². The highest BCUT2D eigenvalue weighted by atomic mass is 16.5. The standard InChI is InChI=1S/C28H31N7O5/c1-17-3-5-20(25-31-27(40-32-25)21-16-34(18(21)2)28(37)38)13-22(17)30-26(36)23-14-29-24-6-4-19(15-35(23)24)7-8-33-9-11-39-12-10-33/h3-6,13-15,18,21H,7-12,16H2,1-2H3,(H,30,36)(H,37,38). The van der Waals surface area contributed by atoms with Gasteiger partial charge in [-0.25, -0.2) is 9.78 Å². The molecule has 0 bridgehead atoms. The predicted octanol–water partition coefficient (Wildman–Crippen LogP) is 3.29. The first kappa shape index (κ1) is 26.0. The molecule has 0 spiro atoms. The zero-order valence-corrected chi connectivity index (χ0v) is 22.4. The number of carbonyl (C=O) groups excluding carboxylic acids is 1. The van der Waals surface area contributed by atoms with Gasteiger partial charge in [0.2, 0.25) is 11.7 Å². The molecule has 6 rings (SSSR count). The fourth-order valence-corrected chi connectivity index (χ4v) is 5.18. The number of aryl methyl sites for hydroxylation is 1. The van der Waals surface area contributed by atoms with E-state index in [4.69, 9.17) is 9.26 Å². The van der Waals surface area contributed by atoms with Crippen molar-refractivity contribution in [2.75, 3.05) is 44.7 Å². The highest BCUT2D eigenvalue weighted by molar-refractivity contribution is 6.04. The number of rotatable bonds is 7. The molecule has 2 unspecified atom stereocenters. The van der Waals surface area contributed by atoms with Crippen LogP contribution in [0, 0.1) is 6.92 Å². The number of pyridine rings is 1. The van der Waals surface area contributed by atoms with Crippen molar-refractivity contribution in [2.24, 2.45) is 0 Å². The van der Waals surface area contributed by atoms with Crippen LogP contribution in [0.25, 0.3) is 17.0 Å². The number of anilines is 1. The van der Waals surface area contributed by atoms with Crippen LogP contribution in [-0.2, 0) is 11.2 Å². The number of imidazole rings is 1. The molecule has 4 aromatic rings. The number of benzene rings is 1. The third kappa shape index (κ3) is 5.03. The van der Waals surface area contributed by atoms with Crippen LogP contribution in [0.15, 0.2) is 47.2 Å². The second-order valence-corrected chi connectivity index (χ2v) is 10.3. The number of fused-ring (bicyclic) bond motifs is 1. The second-order valence-electron chi connectivity index (χ2n) is 10.3. The lowest BCUT2D eigenvalue weighted by Gasteiger charge is -2.42. The van der Waals surface area contributed by atoms with Gasteiger partial charge in [-0.05, 0) is 43.5 Å². The average Bonchev–Trinajstić information content (AvgIpc) is 3.60. The Morgan fingerprint density at radius 1 is 1.18 bits per heavy atom. The van der Waals surface area contributed by atoms with Crippen LogP contribution in [0.2, 0.25) is 0 Å². The first-order valence-electron chi connectivity index (χ1n) is 13.4. The fraction of sp³-hybridized carbons (Fsp3) is 0.393. The molecular weight excluding hydrogens is 514 g/mol. The van der Waals surface area contributed by atoms with Crippen molar-refractivity contribution in [3.63, 3.8) is 0 Å². The number of carbonyl (C=O) groups is 2. The van der Waals surface area contributed by atoms with Gasteiger partial charge in [-0.3, -0.25) is 14.1 Å². The molecule has 12 nitrogen and oxygen atoms in total. The second kappa shape index (κ2) is 10.7. The molecule has 40 heavy (non-hydrogen) atoms. The maximum atomic E-state index is 13.4. The summed E-state index contributed by atoms with van der Waals surface area (Å²) in [6, 6.07) is 9.32. The molecule has 2 aliphatic heterocycles. The van der Waals surface area contributed by atoms with Crippen molar-refractivity contribution in [3.8, 4) is 11.4 Å². The van der Waals surface area contributed by atoms with Crippen LogP contribution in [0.4, 0.5) is 10.5 Å². The Morgan fingerprint density at radius 3 is 2.77 bits per heavy atom. The van der Waals surface area contributed by atoms with Crippen molar-refractivity contribution in [1.82, 2.24) is 29.3 Å². The zero-order chi connectivity index (χ0) is 27.8. The molecule has 0 aliphatic carbocycles. The highest BCUT2D eigenvalue weighted by Gasteiger charge is 2.43. The summed E-state index contributed by atoms with van der Waals surface area (Å²) in [5, 5.41) is 16.3. The van der Waals surface area contributed by atoms with Crippen LogP contribution >= 0.6 is 0 Å². The normalized spacial score (nSPS) is 19.5. The summed E-state index contributed by atoms with van der Waals surface area (Å²) < 4.78 is 12.7. The largest absolute Gasteiger partial charge is 0.465 e. The molecule has 2 atom stereocenters. The summed E-state index contributed by atoms with van der Waals surface area (Å²) in [6.07, 6.45) is 3.48. The summed E-state index contributed by atoms with van der Waals surface area (Å²) >= 11 is 0. The molecule has 0 radical (unpaired) electrons. The number of nitrogens with one attached hydrogen (secondary N) is 1. The molecule has 2 aliphatic rings. The molecule has 2 N–H and O–H groups in total. The Balaban J connectivity index is 1.17. The van der Waals surface area contributed by atoms with E-state index in [0.717, 1.165) is 50.4 Å². The molecule has 2 amide bonds. The van der Waals surface area contributed by atoms with Crippen LogP contribution < -0.4 is 5.32 Å². The van der Waals surface area contributed by atoms with E-state index >= 15 is 0 Å². The molecular formula is C28H31N7O5. The zero-order valence-electron chi connectivity index (χ0n) is 22.4. The van der Waals surface area contributed by atoms with E-state index < -0.39 is 6.09 Å². The van der Waals surface area contributed by atoms with Crippen LogP contribution in [-0.4, -0.2) is 91.9 Å². The van der Waals surface area contributed by atoms with E-state index in [1.54, 1.807) is 6.20 Å². The smallest absolute Gasteiger partial charge is 0.407 e. The van der Waals surface area contributed by atoms with Crippen molar-refractivity contribution in [1.29, 1.82) is 0 Å². The minimum atomic E-state index is -0.961. The Morgan fingerprint density at radius 2 is 2.00 bits per heavy atom. The lowest BCUT2D eigenvalue weighted by Crippen LogP contribution is -2.55. The van der Waals surface area contributed by atoms with E-state index in [-0.39, 0.29) is 17.9 Å². The Bertz CT molecular complexity index is 1560. The Hall–Kier alpha value is -4.29. The van der Waals surface area contributed by atoms with Gasteiger partial charge in [0.1, 0.15) is 11.3 Å². The van der Waals surface area contributed by atoms with E-state index in [1.165, 1.54) is 4.90 Å². The van der Waals surface area contributed by atoms with Crippen molar-refractivity contribution >= 4 is 23.3 Å². The minimum Gasteiger partial charge on any atom is -0.465 e. The fourth-order valence-electron chi connectivity index (χ4n) is 5.18. The molecule has 3 aromatic heterocycles. The Labute approximate surface area is 230 Å². The molecule has 1 aromatic carbocycles. The van der Waals surface area contributed by atoms with Gasteiger partial charge < -0.3 is 24.6 Å². The van der Waals surface area contributed by atoms with E-state index in [1.807, 2.05) is 48.7 Å². The number of amides is 2. The minimum absolute atomic E-state index is 0.143. The highest BCUT2D eigenvalue weighted by Crippen LogP contribution is 2.34. The number of hydrogen-bond donors (Lipinski definition) is 2. The van der Waals surface area contributed by atoms with Crippen LogP contribution in [0.1, 0.15) is 40.3 Å². The topological polar surface area (TPSA) is 138 Å². The Kier molecular flexibility index (Phi) is 6.95. The average molecular weight is 546 g/mol. The van der Waals surface area contributed by atoms with E-state index in [9.17, 15) is 14.7 Å². The number of aromatic nitrogens is 4. The van der Waals surface area contributed by atoms with Gasteiger partial charge in [-0.2, -0.15) is 4.98 Å². The lowest BCUT2D eigenvalue weighted by molar-refractivity contribution is 0.0384. The van der Waals surface area contributed by atoms with Gasteiger partial charge in [0.15, 0.2) is 0 Å². The third-order valence-corrected chi connectivity index (χ3v) is 7.84. The maximum absolute atomic E-state index is 13.4. The maximum Gasteiger partial charge on any atom is 0.407 e. The summed E-state index contributed by atoms with van der Waals surface area (Å²) in [5.41, 5.74) is 4.46. The first-order chi connectivity index (χ1) is 19.4. The van der Waals surface area contributed by atoms with Crippen molar-refractivity contribution in [2.45, 2.75) is 32.2 Å². The molecule has 2 saturated heterocycles. The predicted molar refractivity (Wildman–Crippen MR) is 146 cm³/mol. The van der Waals surface area contributed by atoms with Crippen LogP contribution in [0.5, 0.6) is 0 Å². The number of carboxylic acid groups (broad SMARTS) is 1. The van der Waals surface area contributed by atoms with E-state index in [2.05, 4.69) is 31.4 Å². The van der Waals surface area contributed by atoms with E-state index in [0.29, 0.717) is 40.9 Å². The van der Waals surface area contributed by atoms with Gasteiger partial charge in [0.25, 0.3) is 5.91 Å². The summed E-state index contributed by atoms with van der Waals surface area (Å²) in [4.78, 5) is 37.3. The van der Waals surface area contributed by atoms with Gasteiger partial charge in [0.05, 0.1) is 25.3 Å². The number of likely N-dealkylation sites (tertiary alicyclic amines) is 1. The molecule has 208 valence electrons. The monoisotopic (exact) mass is 545 g/mol. The van der Waals surface area contributed by atoms with Gasteiger partial charge in [-0.1, -0.05) is 23.4 Å². The molecule has 0 saturated carbocycles. The molecule has 5 heterocycles. The van der Waals surface area contributed by atoms with Gasteiger partial charge in [0, 0.05) is 49.7 Å². The number of nitrogens with zero attached hydrogens (tertiary/aromatic N) is 6. The SMILES string of the molecule is Cc1ccc(-c2noc(C3CN(C(=O)O)C3C)n2)cc1NC(=O)c1cnc2ccc(CCN3CCOCC3)cn12. The summed E-state index contributed by atoms with van der Waals surface area (Å²) in [5.74, 6) is 0.368. The lowest BCUT2D eigenvalue weighted by atomic mass is 9.90. The number of hydrogen-bond acceptors (Lipinski definition) is 8. The molecule has 2 fully saturated rings. The third-order valence-electron chi connectivity index (χ3n) is 7.84. The van der Waals surface area contributed by atoms with Crippen molar-refractivity contribution < 1.29 is 24.0 Å². The summed E-state index contributed by atoms with van der Waals surface area (Å²) in [7, 11) is 0. The first-order valence-corrected chi connectivity index (χ1v) is 13.4. The number of morpholine rings is 1. The summed E-state index contributed by atoms with van der Waals surface area (Å²) in [6.45, 7) is 8.40. The number of ether oxygens (including phenoxy) is 1. The van der Waals surface area contributed by atoms with Crippen molar-refractivity contribution in [3.05, 3.63) is 65.4 Å².